The summed E-state index contributed by atoms with van der Waals surface area (Å²) >= 11 is 17.3. The first-order valence-electron chi connectivity index (χ1n) is 4.73. The van der Waals surface area contributed by atoms with Crippen LogP contribution in [0.2, 0.25) is 15.3 Å². The standard InChI is InChI=1S/C11H7Cl3N2O/c12-8-3-1-7(2-4-8)9(17)5-16-6-15-10(13)11(16)14/h1-4,6H,5H2. The fourth-order valence-electron chi connectivity index (χ4n) is 1.33. The summed E-state index contributed by atoms with van der Waals surface area (Å²) in [5.74, 6) is -0.0855. The summed E-state index contributed by atoms with van der Waals surface area (Å²) in [6.45, 7) is 0.0974. The van der Waals surface area contributed by atoms with Crippen LogP contribution in [0.4, 0.5) is 0 Å². The molecule has 1 aromatic carbocycles. The van der Waals surface area contributed by atoms with Gasteiger partial charge >= 0.3 is 0 Å². The van der Waals surface area contributed by atoms with Crippen molar-refractivity contribution >= 4 is 40.6 Å². The number of carbonyl (C=O) groups excluding carboxylic acids is 1. The predicted octanol–water partition coefficient (Wildman–Crippen LogP) is 3.73. The van der Waals surface area contributed by atoms with Crippen LogP contribution in [0, 0.1) is 0 Å². The van der Waals surface area contributed by atoms with Crippen molar-refractivity contribution in [3.05, 3.63) is 51.5 Å². The highest BCUT2D eigenvalue weighted by molar-refractivity contribution is 6.40. The highest BCUT2D eigenvalue weighted by atomic mass is 35.5. The Hall–Kier alpha value is -1.03. The topological polar surface area (TPSA) is 34.9 Å². The molecule has 0 saturated carbocycles. The number of Topliss-reactive ketones (excluding diaryl/α,β-unsaturated/α-hetero) is 1. The van der Waals surface area contributed by atoms with Gasteiger partial charge in [-0.3, -0.25) is 4.79 Å². The quantitative estimate of drug-likeness (QED) is 0.807. The number of benzene rings is 1. The number of hydrogen-bond acceptors (Lipinski definition) is 2. The summed E-state index contributed by atoms with van der Waals surface area (Å²) in [5, 5.41) is 1.04. The van der Waals surface area contributed by atoms with Crippen LogP contribution >= 0.6 is 34.8 Å². The van der Waals surface area contributed by atoms with Crippen LogP contribution < -0.4 is 0 Å². The van der Waals surface area contributed by atoms with Gasteiger partial charge in [-0.05, 0) is 24.3 Å². The lowest BCUT2D eigenvalue weighted by atomic mass is 10.1. The van der Waals surface area contributed by atoms with E-state index in [1.54, 1.807) is 24.3 Å². The first-order valence-corrected chi connectivity index (χ1v) is 5.86. The Kier molecular flexibility index (Phi) is 3.72. The van der Waals surface area contributed by atoms with E-state index in [0.717, 1.165) is 0 Å². The Bertz CT molecular complexity index is 548. The van der Waals surface area contributed by atoms with Crippen LogP contribution in [-0.2, 0) is 6.54 Å². The molecule has 0 aliphatic rings. The minimum atomic E-state index is -0.0855. The molecule has 0 amide bonds. The second-order valence-corrected chi connectivity index (χ2v) is 4.54. The third kappa shape index (κ3) is 2.80. The maximum absolute atomic E-state index is 11.9. The SMILES string of the molecule is O=C(Cn1cnc(Cl)c1Cl)c1ccc(Cl)cc1. The molecule has 0 aliphatic carbocycles. The van der Waals surface area contributed by atoms with E-state index in [-0.39, 0.29) is 22.6 Å². The van der Waals surface area contributed by atoms with E-state index in [2.05, 4.69) is 4.98 Å². The maximum Gasteiger partial charge on any atom is 0.182 e. The molecule has 88 valence electrons. The summed E-state index contributed by atoms with van der Waals surface area (Å²) in [5.41, 5.74) is 0.565. The molecule has 0 saturated heterocycles. The zero-order chi connectivity index (χ0) is 12.4. The van der Waals surface area contributed by atoms with E-state index < -0.39 is 0 Å². The summed E-state index contributed by atoms with van der Waals surface area (Å²) in [6, 6.07) is 6.66. The summed E-state index contributed by atoms with van der Waals surface area (Å²) in [7, 11) is 0. The highest BCUT2D eigenvalue weighted by Crippen LogP contribution is 2.20. The highest BCUT2D eigenvalue weighted by Gasteiger charge is 2.11. The number of carbonyl (C=O) groups is 1. The third-order valence-corrected chi connectivity index (χ3v) is 3.23. The van der Waals surface area contributed by atoms with Crippen LogP contribution in [0.1, 0.15) is 10.4 Å². The number of nitrogens with zero attached hydrogens (tertiary/aromatic N) is 2. The monoisotopic (exact) mass is 288 g/mol. The molecule has 2 rings (SSSR count). The Morgan fingerprint density at radius 1 is 1.18 bits per heavy atom. The minimum absolute atomic E-state index is 0.0855. The molecule has 0 atom stereocenters. The molecular formula is C11H7Cl3N2O. The second-order valence-electron chi connectivity index (χ2n) is 3.38. The molecule has 0 radical (unpaired) electrons. The van der Waals surface area contributed by atoms with Crippen molar-refractivity contribution in [1.29, 1.82) is 0 Å². The van der Waals surface area contributed by atoms with Gasteiger partial charge in [0.25, 0.3) is 0 Å². The molecule has 0 N–H and O–H groups in total. The number of aromatic nitrogens is 2. The van der Waals surface area contributed by atoms with Crippen molar-refractivity contribution in [1.82, 2.24) is 9.55 Å². The van der Waals surface area contributed by atoms with Gasteiger partial charge in [0.15, 0.2) is 10.9 Å². The average molecular weight is 290 g/mol. The molecule has 0 spiro atoms. The van der Waals surface area contributed by atoms with Crippen molar-refractivity contribution in [2.75, 3.05) is 0 Å². The number of ketones is 1. The second kappa shape index (κ2) is 5.08. The molecule has 1 aromatic heterocycles. The van der Waals surface area contributed by atoms with Crippen molar-refractivity contribution in [2.24, 2.45) is 0 Å². The van der Waals surface area contributed by atoms with Crippen molar-refractivity contribution in [3.8, 4) is 0 Å². The first-order chi connectivity index (χ1) is 8.08. The molecule has 0 aliphatic heterocycles. The van der Waals surface area contributed by atoms with Gasteiger partial charge in [0, 0.05) is 10.6 Å². The Morgan fingerprint density at radius 2 is 1.82 bits per heavy atom. The lowest BCUT2D eigenvalue weighted by molar-refractivity contribution is 0.0972. The van der Waals surface area contributed by atoms with E-state index in [0.29, 0.717) is 10.6 Å². The zero-order valence-corrected chi connectivity index (χ0v) is 10.8. The van der Waals surface area contributed by atoms with E-state index >= 15 is 0 Å². The molecule has 0 unspecified atom stereocenters. The minimum Gasteiger partial charge on any atom is -0.312 e. The molecule has 17 heavy (non-hydrogen) atoms. The van der Waals surface area contributed by atoms with Gasteiger partial charge in [0.05, 0.1) is 12.9 Å². The van der Waals surface area contributed by atoms with Crippen LogP contribution in [0.5, 0.6) is 0 Å². The lowest BCUT2D eigenvalue weighted by Crippen LogP contribution is -2.09. The van der Waals surface area contributed by atoms with Gasteiger partial charge in [-0.15, -0.1) is 0 Å². The predicted molar refractivity (Wildman–Crippen MR) is 68.0 cm³/mol. The summed E-state index contributed by atoms with van der Waals surface area (Å²) < 4.78 is 1.49. The summed E-state index contributed by atoms with van der Waals surface area (Å²) in [6.07, 6.45) is 1.43. The van der Waals surface area contributed by atoms with E-state index in [9.17, 15) is 4.79 Å². The molecule has 6 heteroatoms. The maximum atomic E-state index is 11.9. The van der Waals surface area contributed by atoms with Gasteiger partial charge in [-0.1, -0.05) is 34.8 Å². The Morgan fingerprint density at radius 3 is 2.35 bits per heavy atom. The Balaban J connectivity index is 2.17. The van der Waals surface area contributed by atoms with Gasteiger partial charge in [-0.2, -0.15) is 0 Å². The number of imidazole rings is 1. The van der Waals surface area contributed by atoms with Gasteiger partial charge < -0.3 is 4.57 Å². The van der Waals surface area contributed by atoms with Gasteiger partial charge in [0.2, 0.25) is 0 Å². The molecule has 0 fully saturated rings. The van der Waals surface area contributed by atoms with Crippen molar-refractivity contribution in [3.63, 3.8) is 0 Å². The van der Waals surface area contributed by atoms with Crippen molar-refractivity contribution in [2.45, 2.75) is 6.54 Å². The third-order valence-electron chi connectivity index (χ3n) is 2.21. The molecule has 0 bridgehead atoms. The fraction of sp³-hybridized carbons (Fsp3) is 0.0909. The van der Waals surface area contributed by atoms with Crippen LogP contribution in [-0.4, -0.2) is 15.3 Å². The number of halogens is 3. The fourth-order valence-corrected chi connectivity index (χ4v) is 1.77. The van der Waals surface area contributed by atoms with E-state index in [1.165, 1.54) is 10.9 Å². The molecule has 1 heterocycles. The smallest absolute Gasteiger partial charge is 0.182 e. The number of hydrogen-bond donors (Lipinski definition) is 0. The Labute approximate surface area is 113 Å². The van der Waals surface area contributed by atoms with Crippen molar-refractivity contribution < 1.29 is 4.79 Å². The normalized spacial score (nSPS) is 10.5. The lowest BCUT2D eigenvalue weighted by Gasteiger charge is -2.03. The van der Waals surface area contributed by atoms with Gasteiger partial charge in [-0.25, -0.2) is 4.98 Å². The van der Waals surface area contributed by atoms with Crippen LogP contribution in [0.3, 0.4) is 0 Å². The number of rotatable bonds is 3. The van der Waals surface area contributed by atoms with Gasteiger partial charge in [0.1, 0.15) is 5.15 Å². The summed E-state index contributed by atoms with van der Waals surface area (Å²) in [4.78, 5) is 15.7. The average Bonchev–Trinajstić information content (AvgIpc) is 2.62. The molecule has 3 nitrogen and oxygen atoms in total. The zero-order valence-electron chi connectivity index (χ0n) is 8.53. The molecular weight excluding hydrogens is 282 g/mol. The first kappa shape index (κ1) is 12.4. The van der Waals surface area contributed by atoms with Crippen LogP contribution in [0.25, 0.3) is 0 Å². The largest absolute Gasteiger partial charge is 0.312 e. The molecule has 2 aromatic rings. The van der Waals surface area contributed by atoms with Crippen LogP contribution in [0.15, 0.2) is 30.6 Å². The van der Waals surface area contributed by atoms with E-state index in [1.807, 2.05) is 0 Å². The van der Waals surface area contributed by atoms with E-state index in [4.69, 9.17) is 34.8 Å².